The second kappa shape index (κ2) is 9.77. The molecule has 0 N–H and O–H groups in total. The Hall–Kier alpha value is -0.0301. The summed E-state index contributed by atoms with van der Waals surface area (Å²) in [4.78, 5) is 8.97. The van der Waals surface area contributed by atoms with Crippen molar-refractivity contribution in [2.24, 2.45) is 0 Å². The lowest BCUT2D eigenvalue weighted by Gasteiger charge is -2.49. The molecule has 2 fully saturated rings. The third kappa shape index (κ3) is 5.98. The van der Waals surface area contributed by atoms with Gasteiger partial charge in [0.05, 0.1) is 0 Å². The maximum atomic E-state index is 5.98. The summed E-state index contributed by atoms with van der Waals surface area (Å²) in [5, 5.41) is 0. The highest BCUT2D eigenvalue weighted by molar-refractivity contribution is 6.05. The molecule has 2 aliphatic rings. The van der Waals surface area contributed by atoms with Crippen molar-refractivity contribution in [1.29, 1.82) is 0 Å². The van der Waals surface area contributed by atoms with Gasteiger partial charge >= 0.3 is 0 Å². The highest BCUT2D eigenvalue weighted by Gasteiger charge is 2.33. The molecule has 4 radical (unpaired) electrons. The zero-order chi connectivity index (χ0) is 19.5. The van der Waals surface area contributed by atoms with Gasteiger partial charge in [-0.15, -0.1) is 0 Å². The van der Waals surface area contributed by atoms with Crippen LogP contribution >= 0.6 is 0 Å². The Morgan fingerprint density at radius 2 is 1.08 bits per heavy atom. The first-order valence-corrected chi connectivity index (χ1v) is 10.0. The minimum atomic E-state index is 0.450. The fraction of sp³-hybridized carbons (Fsp3) is 1.00. The van der Waals surface area contributed by atoms with Gasteiger partial charge in [0, 0.05) is 61.9 Å². The number of nitrogens with zero attached hydrogens (tertiary/aromatic N) is 4. The summed E-state index contributed by atoms with van der Waals surface area (Å²) in [6.07, 6.45) is 0. The monoisotopic (exact) mass is 346 g/mol. The third-order valence-corrected chi connectivity index (χ3v) is 6.08. The van der Waals surface area contributed by atoms with Gasteiger partial charge in [0.25, 0.3) is 0 Å². The predicted molar refractivity (Wildman–Crippen MR) is 111 cm³/mol. The van der Waals surface area contributed by atoms with Crippen LogP contribution in [0.2, 0.25) is 0 Å². The van der Waals surface area contributed by atoms with Gasteiger partial charge in [0.15, 0.2) is 16.0 Å². The van der Waals surface area contributed by atoms with Gasteiger partial charge in [0.1, 0.15) is 0 Å². The van der Waals surface area contributed by atoms with Gasteiger partial charge in [-0.25, -0.2) is 0 Å². The van der Waals surface area contributed by atoms with Crippen LogP contribution in [0.5, 0.6) is 0 Å². The molecule has 4 nitrogen and oxygen atoms in total. The van der Waals surface area contributed by atoms with E-state index >= 15 is 0 Å². The van der Waals surface area contributed by atoms with Gasteiger partial charge in [-0.1, -0.05) is 0 Å². The number of piperazine rings is 2. The van der Waals surface area contributed by atoms with E-state index in [4.69, 9.17) is 16.0 Å². The number of hydrogen-bond acceptors (Lipinski definition) is 4. The van der Waals surface area contributed by atoms with Crippen LogP contribution in [0, 0.1) is 0 Å². The summed E-state index contributed by atoms with van der Waals surface area (Å²) < 4.78 is 0. The minimum Gasteiger partial charge on any atom is -0.347 e. The summed E-state index contributed by atoms with van der Waals surface area (Å²) in [6.45, 7) is 23.3. The molecule has 0 amide bonds. The molecule has 0 saturated carbocycles. The summed E-state index contributed by atoms with van der Waals surface area (Å²) >= 11 is 0. The second-order valence-corrected chi connectivity index (χ2v) is 8.76. The molecule has 5 unspecified atom stereocenters. The Bertz CT molecular complexity index is 382. The quantitative estimate of drug-likeness (QED) is 0.711. The standard InChI is InChI=1S/C10H21BN2.C9H19BN2/c1-7(2)12-6-8(3)13(11)10(5)9(12)4;1-7(2)11-5-8(3)12(10)9(4)6-11/h7-10H,6H2,1-5H3;7-9H,5-6H2,1-4H3. The number of hydrogen-bond donors (Lipinski definition) is 0. The van der Waals surface area contributed by atoms with Gasteiger partial charge in [0.2, 0.25) is 0 Å². The molecular weight excluding hydrogens is 306 g/mol. The van der Waals surface area contributed by atoms with Gasteiger partial charge in [-0.05, 0) is 62.3 Å². The van der Waals surface area contributed by atoms with Gasteiger partial charge in [-0.3, -0.25) is 9.80 Å². The highest BCUT2D eigenvalue weighted by atomic mass is 15.3. The highest BCUT2D eigenvalue weighted by Crippen LogP contribution is 2.21. The zero-order valence-corrected chi connectivity index (χ0v) is 18.1. The van der Waals surface area contributed by atoms with E-state index in [0.29, 0.717) is 42.3 Å². The van der Waals surface area contributed by atoms with Crippen LogP contribution in [-0.4, -0.2) is 97.3 Å². The average Bonchev–Trinajstić information content (AvgIpc) is 2.53. The van der Waals surface area contributed by atoms with Crippen LogP contribution in [0.4, 0.5) is 0 Å². The SMILES string of the molecule is [B]N1C(C)CN(C(C)C)C(C)C1C.[B]N1C(C)CN(C(C)C)CC1C. The smallest absolute Gasteiger partial charge is 0.183 e. The second-order valence-electron chi connectivity index (χ2n) is 8.76. The Morgan fingerprint density at radius 1 is 0.640 bits per heavy atom. The van der Waals surface area contributed by atoms with E-state index in [0.717, 1.165) is 19.6 Å². The van der Waals surface area contributed by atoms with E-state index in [1.807, 2.05) is 9.62 Å². The molecule has 2 rings (SSSR count). The summed E-state index contributed by atoms with van der Waals surface area (Å²) in [6, 6.07) is 3.70. The first kappa shape index (κ1) is 23.0. The lowest BCUT2D eigenvalue weighted by molar-refractivity contribution is 0.0300. The van der Waals surface area contributed by atoms with Crippen LogP contribution in [0.3, 0.4) is 0 Å². The van der Waals surface area contributed by atoms with Crippen molar-refractivity contribution >= 4 is 16.0 Å². The summed E-state index contributed by atoms with van der Waals surface area (Å²) in [7, 11) is 11.9. The van der Waals surface area contributed by atoms with Crippen LogP contribution in [0.15, 0.2) is 0 Å². The summed E-state index contributed by atoms with van der Waals surface area (Å²) in [5.74, 6) is 0. The maximum Gasteiger partial charge on any atom is 0.183 e. The van der Waals surface area contributed by atoms with Crippen LogP contribution < -0.4 is 0 Å². The molecule has 5 atom stereocenters. The fourth-order valence-corrected chi connectivity index (χ4v) is 3.97. The van der Waals surface area contributed by atoms with Crippen LogP contribution in [0.1, 0.15) is 62.3 Å². The molecule has 2 aliphatic heterocycles. The largest absolute Gasteiger partial charge is 0.347 e. The first-order valence-electron chi connectivity index (χ1n) is 10.0. The normalized spacial score (nSPS) is 36.5. The van der Waals surface area contributed by atoms with Gasteiger partial charge < -0.3 is 9.62 Å². The van der Waals surface area contributed by atoms with Crippen molar-refractivity contribution in [2.45, 2.75) is 105 Å². The molecule has 0 spiro atoms. The number of rotatable bonds is 2. The molecule has 0 bridgehead atoms. The van der Waals surface area contributed by atoms with E-state index in [1.165, 1.54) is 0 Å². The summed E-state index contributed by atoms with van der Waals surface area (Å²) in [5.41, 5.74) is 0. The lowest BCUT2D eigenvalue weighted by atomic mass is 9.95. The van der Waals surface area contributed by atoms with Crippen LogP contribution in [-0.2, 0) is 0 Å². The molecule has 142 valence electrons. The molecule has 0 aromatic carbocycles. The van der Waals surface area contributed by atoms with E-state index in [1.54, 1.807) is 0 Å². The topological polar surface area (TPSA) is 13.0 Å². The molecule has 0 aliphatic carbocycles. The minimum absolute atomic E-state index is 0.450. The first-order chi connectivity index (χ1) is 11.5. The Labute approximate surface area is 160 Å². The molecular formula is C19H40B2N4. The molecule has 2 heterocycles. The fourth-order valence-electron chi connectivity index (χ4n) is 3.97. The van der Waals surface area contributed by atoms with Crippen molar-refractivity contribution < 1.29 is 0 Å². The third-order valence-electron chi connectivity index (χ3n) is 6.08. The predicted octanol–water partition coefficient (Wildman–Crippen LogP) is 2.13. The Balaban J connectivity index is 0.000000251. The lowest BCUT2D eigenvalue weighted by Crippen LogP contribution is -2.61. The van der Waals surface area contributed by atoms with Gasteiger partial charge in [-0.2, -0.15) is 0 Å². The average molecular weight is 346 g/mol. The van der Waals surface area contributed by atoms with Crippen molar-refractivity contribution in [3.63, 3.8) is 0 Å². The molecule has 0 aromatic heterocycles. The maximum absolute atomic E-state index is 5.98. The van der Waals surface area contributed by atoms with E-state index in [-0.39, 0.29) is 0 Å². The zero-order valence-electron chi connectivity index (χ0n) is 18.1. The Morgan fingerprint density at radius 3 is 1.48 bits per heavy atom. The molecule has 0 aromatic rings. The van der Waals surface area contributed by atoms with E-state index < -0.39 is 0 Å². The van der Waals surface area contributed by atoms with Crippen LogP contribution in [0.25, 0.3) is 0 Å². The van der Waals surface area contributed by atoms with Crippen molar-refractivity contribution in [1.82, 2.24) is 19.4 Å². The molecule has 2 saturated heterocycles. The van der Waals surface area contributed by atoms with Crippen molar-refractivity contribution in [3.8, 4) is 0 Å². The molecule has 6 heteroatoms. The van der Waals surface area contributed by atoms with E-state index in [2.05, 4.69) is 72.1 Å². The Kier molecular flexibility index (Phi) is 9.00. The van der Waals surface area contributed by atoms with Crippen molar-refractivity contribution in [2.75, 3.05) is 19.6 Å². The van der Waals surface area contributed by atoms with E-state index in [9.17, 15) is 0 Å². The molecule has 25 heavy (non-hydrogen) atoms. The van der Waals surface area contributed by atoms with Crippen molar-refractivity contribution in [3.05, 3.63) is 0 Å².